The summed E-state index contributed by atoms with van der Waals surface area (Å²) in [4.78, 5) is 12.0. The summed E-state index contributed by atoms with van der Waals surface area (Å²) in [7, 11) is 0. The Morgan fingerprint density at radius 3 is 2.65 bits per heavy atom. The largest absolute Gasteiger partial charge is 0.377 e. The summed E-state index contributed by atoms with van der Waals surface area (Å²) in [5.74, 6) is 0. The van der Waals surface area contributed by atoms with E-state index >= 15 is 0 Å². The monoisotopic (exact) mass is 290 g/mol. The Balaban J connectivity index is 2.33. The Morgan fingerprint density at radius 2 is 2.10 bits per heavy atom. The second kappa shape index (κ2) is 6.05. The van der Waals surface area contributed by atoms with E-state index < -0.39 is 0 Å². The van der Waals surface area contributed by atoms with Gasteiger partial charge in [-0.15, -0.1) is 11.3 Å². The van der Waals surface area contributed by atoms with Crippen LogP contribution < -0.4 is 5.32 Å². The van der Waals surface area contributed by atoms with Crippen LogP contribution >= 0.6 is 11.3 Å². The molecule has 0 radical (unpaired) electrons. The molecule has 2 rings (SSSR count). The van der Waals surface area contributed by atoms with Crippen molar-refractivity contribution >= 4 is 22.7 Å². The Hall–Kier alpha value is -1.88. The fraction of sp³-hybridized carbons (Fsp3) is 0.333. The van der Waals surface area contributed by atoms with Gasteiger partial charge in [-0.05, 0) is 43.3 Å². The third-order valence-corrected chi connectivity index (χ3v) is 4.35. The van der Waals surface area contributed by atoms with Crippen molar-refractivity contribution in [1.29, 1.82) is 0 Å². The van der Waals surface area contributed by atoms with E-state index in [0.29, 0.717) is 5.56 Å². The van der Waals surface area contributed by atoms with Gasteiger partial charge in [-0.2, -0.15) is 0 Å². The molecule has 0 fully saturated rings. The number of nitro groups is 1. The predicted octanol–water partition coefficient (Wildman–Crippen LogP) is 4.84. The third kappa shape index (κ3) is 2.99. The maximum atomic E-state index is 11.0. The molecule has 2 aromatic rings. The number of benzene rings is 1. The summed E-state index contributed by atoms with van der Waals surface area (Å²) in [5.41, 5.74) is 2.73. The number of nitro benzene ring substituents is 1. The van der Waals surface area contributed by atoms with Crippen LogP contribution in [0.1, 0.15) is 35.4 Å². The lowest BCUT2D eigenvalue weighted by Gasteiger charge is -2.19. The zero-order chi connectivity index (χ0) is 14.7. The molecule has 1 heterocycles. The molecule has 0 aliphatic carbocycles. The molecule has 4 nitrogen and oxygen atoms in total. The summed E-state index contributed by atoms with van der Waals surface area (Å²) in [5, 5.41) is 16.5. The van der Waals surface area contributed by atoms with Crippen molar-refractivity contribution in [2.75, 3.05) is 5.32 Å². The highest BCUT2D eigenvalue weighted by atomic mass is 32.1. The first kappa shape index (κ1) is 14.5. The van der Waals surface area contributed by atoms with Crippen LogP contribution in [0.2, 0.25) is 0 Å². The van der Waals surface area contributed by atoms with Crippen molar-refractivity contribution in [3.63, 3.8) is 0 Å². The molecule has 0 bridgehead atoms. The van der Waals surface area contributed by atoms with Crippen LogP contribution in [0.3, 0.4) is 0 Å². The number of hydrogen-bond acceptors (Lipinski definition) is 4. The van der Waals surface area contributed by atoms with Gasteiger partial charge in [0.15, 0.2) is 0 Å². The predicted molar refractivity (Wildman–Crippen MR) is 83.5 cm³/mol. The van der Waals surface area contributed by atoms with Crippen molar-refractivity contribution in [1.82, 2.24) is 0 Å². The van der Waals surface area contributed by atoms with E-state index in [4.69, 9.17) is 0 Å². The van der Waals surface area contributed by atoms with Crippen LogP contribution in [0.4, 0.5) is 11.4 Å². The molecule has 20 heavy (non-hydrogen) atoms. The van der Waals surface area contributed by atoms with Gasteiger partial charge < -0.3 is 5.32 Å². The number of rotatable bonds is 5. The summed E-state index contributed by atoms with van der Waals surface area (Å²) < 4.78 is 0. The van der Waals surface area contributed by atoms with E-state index in [0.717, 1.165) is 17.7 Å². The Labute approximate surface area is 122 Å². The minimum absolute atomic E-state index is 0.166. The standard InChI is InChI=1S/C15H18N2O2S/c1-4-12(15-6-5-7-20-15)16-13-9-14(17(18)19)11(3)8-10(13)2/h5-9,12,16H,4H2,1-3H3. The molecular formula is C15H18N2O2S. The average Bonchev–Trinajstić information content (AvgIpc) is 2.91. The summed E-state index contributed by atoms with van der Waals surface area (Å²) in [6, 6.07) is 7.80. The van der Waals surface area contributed by atoms with E-state index in [1.807, 2.05) is 24.4 Å². The zero-order valence-electron chi connectivity index (χ0n) is 11.8. The molecule has 1 aromatic heterocycles. The Kier molecular flexibility index (Phi) is 4.39. The van der Waals surface area contributed by atoms with Crippen LogP contribution in [0.15, 0.2) is 29.6 Å². The number of anilines is 1. The van der Waals surface area contributed by atoms with Crippen LogP contribution in [0.5, 0.6) is 0 Å². The fourth-order valence-corrected chi connectivity index (χ4v) is 3.11. The van der Waals surface area contributed by atoms with Gasteiger partial charge in [0.2, 0.25) is 0 Å². The lowest BCUT2D eigenvalue weighted by molar-refractivity contribution is -0.385. The molecule has 106 valence electrons. The molecule has 1 atom stereocenters. The number of nitrogens with one attached hydrogen (secondary N) is 1. The topological polar surface area (TPSA) is 55.2 Å². The van der Waals surface area contributed by atoms with Crippen molar-refractivity contribution in [3.8, 4) is 0 Å². The molecule has 5 heteroatoms. The number of hydrogen-bond donors (Lipinski definition) is 1. The maximum absolute atomic E-state index is 11.0. The van der Waals surface area contributed by atoms with Gasteiger partial charge in [-0.1, -0.05) is 13.0 Å². The molecule has 0 saturated carbocycles. The molecule has 0 aliphatic heterocycles. The van der Waals surface area contributed by atoms with Crippen LogP contribution in [-0.2, 0) is 0 Å². The van der Waals surface area contributed by atoms with Crippen LogP contribution in [-0.4, -0.2) is 4.92 Å². The normalized spacial score (nSPS) is 12.2. The number of nitrogens with zero attached hydrogens (tertiary/aromatic N) is 1. The third-order valence-electron chi connectivity index (χ3n) is 3.36. The van der Waals surface area contributed by atoms with Crippen molar-refractivity contribution in [2.24, 2.45) is 0 Å². The Morgan fingerprint density at radius 1 is 1.35 bits per heavy atom. The van der Waals surface area contributed by atoms with Gasteiger partial charge in [0.05, 0.1) is 11.0 Å². The molecule has 0 aliphatic rings. The summed E-state index contributed by atoms with van der Waals surface area (Å²) in [6.45, 7) is 5.85. The van der Waals surface area contributed by atoms with Gasteiger partial charge in [0.1, 0.15) is 0 Å². The average molecular weight is 290 g/mol. The minimum atomic E-state index is -0.327. The first-order valence-electron chi connectivity index (χ1n) is 6.58. The number of aryl methyl sites for hydroxylation is 2. The lowest BCUT2D eigenvalue weighted by Crippen LogP contribution is -2.09. The molecule has 0 spiro atoms. The summed E-state index contributed by atoms with van der Waals surface area (Å²) in [6.07, 6.45) is 0.932. The smallest absolute Gasteiger partial charge is 0.274 e. The summed E-state index contributed by atoms with van der Waals surface area (Å²) >= 11 is 1.70. The zero-order valence-corrected chi connectivity index (χ0v) is 12.7. The first-order chi connectivity index (χ1) is 9.52. The molecule has 0 amide bonds. The fourth-order valence-electron chi connectivity index (χ4n) is 2.24. The minimum Gasteiger partial charge on any atom is -0.377 e. The number of thiophene rings is 1. The van der Waals surface area contributed by atoms with E-state index in [1.165, 1.54) is 4.88 Å². The Bertz CT molecular complexity index is 609. The van der Waals surface area contributed by atoms with Crippen molar-refractivity contribution in [2.45, 2.75) is 33.2 Å². The molecule has 1 aromatic carbocycles. The second-order valence-electron chi connectivity index (χ2n) is 4.83. The highest BCUT2D eigenvalue weighted by molar-refractivity contribution is 7.10. The van der Waals surface area contributed by atoms with Gasteiger partial charge in [-0.3, -0.25) is 10.1 Å². The molecule has 1 unspecified atom stereocenters. The lowest BCUT2D eigenvalue weighted by atomic mass is 10.1. The second-order valence-corrected chi connectivity index (χ2v) is 5.81. The van der Waals surface area contributed by atoms with E-state index in [1.54, 1.807) is 24.3 Å². The molecule has 0 saturated heterocycles. The quantitative estimate of drug-likeness (QED) is 0.633. The molecular weight excluding hydrogens is 272 g/mol. The highest BCUT2D eigenvalue weighted by Gasteiger charge is 2.16. The van der Waals surface area contributed by atoms with Gasteiger partial charge in [0, 0.05) is 22.2 Å². The van der Waals surface area contributed by atoms with Crippen molar-refractivity contribution < 1.29 is 4.92 Å². The van der Waals surface area contributed by atoms with E-state index in [2.05, 4.69) is 18.3 Å². The van der Waals surface area contributed by atoms with E-state index in [9.17, 15) is 10.1 Å². The van der Waals surface area contributed by atoms with Gasteiger partial charge in [0.25, 0.3) is 5.69 Å². The van der Waals surface area contributed by atoms with E-state index in [-0.39, 0.29) is 16.7 Å². The van der Waals surface area contributed by atoms with Gasteiger partial charge in [-0.25, -0.2) is 0 Å². The van der Waals surface area contributed by atoms with Gasteiger partial charge >= 0.3 is 0 Å². The highest BCUT2D eigenvalue weighted by Crippen LogP contribution is 2.31. The molecule has 1 N–H and O–H groups in total. The van der Waals surface area contributed by atoms with Crippen LogP contribution in [0.25, 0.3) is 0 Å². The first-order valence-corrected chi connectivity index (χ1v) is 7.46. The SMILES string of the molecule is CCC(Nc1cc([N+](=O)[O-])c(C)cc1C)c1cccs1. The maximum Gasteiger partial charge on any atom is 0.274 e. The van der Waals surface area contributed by atoms with Crippen LogP contribution in [0, 0.1) is 24.0 Å². The van der Waals surface area contributed by atoms with Crippen molar-refractivity contribution in [3.05, 3.63) is 55.8 Å².